The van der Waals surface area contributed by atoms with Crippen LogP contribution in [-0.2, 0) is 24.4 Å². The maximum Gasteiger partial charge on any atom is 0.191 e. The Morgan fingerprint density at radius 2 is 1.75 bits per heavy atom. The number of rotatable bonds is 8. The van der Waals surface area contributed by atoms with Crippen LogP contribution >= 0.6 is 24.0 Å². The van der Waals surface area contributed by atoms with Crippen LogP contribution in [0.25, 0.3) is 0 Å². The summed E-state index contributed by atoms with van der Waals surface area (Å²) >= 11 is 0. The summed E-state index contributed by atoms with van der Waals surface area (Å²) in [5.74, 6) is 0.847. The topological polar surface area (TPSA) is 52.1 Å². The largest absolute Gasteiger partial charge is 0.379 e. The normalized spacial score (nSPS) is 14.6. The summed E-state index contributed by atoms with van der Waals surface area (Å²) in [6.07, 6.45) is 0. The second kappa shape index (κ2) is 13.6. The SMILES string of the molecule is CCNC(=NCc1ccccc1CN1CCOCC1)NCc1ccc(N(C)C)cc1C.I. The maximum absolute atomic E-state index is 5.48. The summed E-state index contributed by atoms with van der Waals surface area (Å²) in [5.41, 5.74) is 6.41. The fraction of sp³-hybridized carbons (Fsp3) is 0.480. The summed E-state index contributed by atoms with van der Waals surface area (Å²) < 4.78 is 5.48. The van der Waals surface area contributed by atoms with Gasteiger partial charge in [0.05, 0.1) is 19.8 Å². The molecule has 0 unspecified atom stereocenters. The number of benzene rings is 2. The molecule has 3 rings (SSSR count). The van der Waals surface area contributed by atoms with Crippen LogP contribution in [0.4, 0.5) is 5.69 Å². The molecule has 0 aliphatic carbocycles. The van der Waals surface area contributed by atoms with Crippen LogP contribution < -0.4 is 15.5 Å². The third kappa shape index (κ3) is 7.94. The number of nitrogens with zero attached hydrogens (tertiary/aromatic N) is 3. The highest BCUT2D eigenvalue weighted by Crippen LogP contribution is 2.17. The van der Waals surface area contributed by atoms with Gasteiger partial charge in [-0.25, -0.2) is 4.99 Å². The van der Waals surface area contributed by atoms with E-state index in [-0.39, 0.29) is 24.0 Å². The van der Waals surface area contributed by atoms with Crippen molar-refractivity contribution < 1.29 is 4.74 Å². The summed E-state index contributed by atoms with van der Waals surface area (Å²) in [5, 5.41) is 6.87. The molecule has 0 aromatic heterocycles. The Morgan fingerprint density at radius 3 is 2.41 bits per heavy atom. The van der Waals surface area contributed by atoms with Crippen molar-refractivity contribution in [2.45, 2.75) is 33.5 Å². The molecule has 1 heterocycles. The molecule has 6 nitrogen and oxygen atoms in total. The molecule has 1 aliphatic heterocycles. The molecule has 2 N–H and O–H groups in total. The maximum atomic E-state index is 5.48. The average Bonchev–Trinajstić information content (AvgIpc) is 2.78. The molecule has 0 amide bonds. The third-order valence-electron chi connectivity index (χ3n) is 5.66. The highest BCUT2D eigenvalue weighted by atomic mass is 127. The van der Waals surface area contributed by atoms with Crippen LogP contribution in [0.3, 0.4) is 0 Å². The first-order valence-electron chi connectivity index (χ1n) is 11.2. The van der Waals surface area contributed by atoms with Gasteiger partial charge in [0.25, 0.3) is 0 Å². The van der Waals surface area contributed by atoms with E-state index < -0.39 is 0 Å². The van der Waals surface area contributed by atoms with E-state index in [1.165, 1.54) is 27.9 Å². The molecule has 1 fully saturated rings. The van der Waals surface area contributed by atoms with Crippen LogP contribution in [0.1, 0.15) is 29.2 Å². The Bertz CT molecular complexity index is 865. The Hall–Kier alpha value is -1.84. The van der Waals surface area contributed by atoms with Gasteiger partial charge in [-0.1, -0.05) is 30.3 Å². The zero-order chi connectivity index (χ0) is 22.1. The van der Waals surface area contributed by atoms with Crippen molar-refractivity contribution in [2.24, 2.45) is 4.99 Å². The molecule has 176 valence electrons. The number of guanidine groups is 1. The van der Waals surface area contributed by atoms with E-state index in [0.717, 1.165) is 51.9 Å². The van der Waals surface area contributed by atoms with E-state index in [2.05, 4.69) is 90.8 Å². The first kappa shape index (κ1) is 26.4. The van der Waals surface area contributed by atoms with Crippen molar-refractivity contribution in [1.29, 1.82) is 0 Å². The monoisotopic (exact) mass is 551 g/mol. The van der Waals surface area contributed by atoms with E-state index in [1.54, 1.807) is 0 Å². The predicted molar refractivity (Wildman–Crippen MR) is 145 cm³/mol. The molecule has 0 spiro atoms. The summed E-state index contributed by atoms with van der Waals surface area (Å²) in [4.78, 5) is 9.45. The Balaban J connectivity index is 0.00000363. The lowest BCUT2D eigenvalue weighted by Crippen LogP contribution is -2.37. The van der Waals surface area contributed by atoms with E-state index in [9.17, 15) is 0 Å². The fourth-order valence-corrected chi connectivity index (χ4v) is 3.71. The van der Waals surface area contributed by atoms with E-state index >= 15 is 0 Å². The number of aliphatic imine (C=N–C) groups is 1. The fourth-order valence-electron chi connectivity index (χ4n) is 3.71. The van der Waals surface area contributed by atoms with E-state index in [0.29, 0.717) is 6.54 Å². The van der Waals surface area contributed by atoms with Gasteiger partial charge in [0.2, 0.25) is 0 Å². The minimum absolute atomic E-state index is 0. The van der Waals surface area contributed by atoms with Crippen LogP contribution in [0.15, 0.2) is 47.5 Å². The quantitative estimate of drug-likeness (QED) is 0.297. The van der Waals surface area contributed by atoms with Crippen molar-refractivity contribution in [2.75, 3.05) is 51.8 Å². The number of ether oxygens (including phenoxy) is 1. The number of nitrogens with one attached hydrogen (secondary N) is 2. The third-order valence-corrected chi connectivity index (χ3v) is 5.66. The number of anilines is 1. The Morgan fingerprint density at radius 1 is 1.03 bits per heavy atom. The molecule has 7 heteroatoms. The number of halogens is 1. The number of hydrogen-bond donors (Lipinski definition) is 2. The highest BCUT2D eigenvalue weighted by molar-refractivity contribution is 14.0. The molecular weight excluding hydrogens is 513 g/mol. The zero-order valence-electron chi connectivity index (χ0n) is 19.9. The Kier molecular flexibility index (Phi) is 11.3. The summed E-state index contributed by atoms with van der Waals surface area (Å²) in [6, 6.07) is 15.2. The number of hydrogen-bond acceptors (Lipinski definition) is 4. The average molecular weight is 552 g/mol. The smallest absolute Gasteiger partial charge is 0.191 e. The van der Waals surface area contributed by atoms with E-state index in [4.69, 9.17) is 9.73 Å². The molecule has 2 aromatic carbocycles. The van der Waals surface area contributed by atoms with Gasteiger partial charge in [-0.2, -0.15) is 0 Å². The van der Waals surface area contributed by atoms with Crippen LogP contribution in [0.2, 0.25) is 0 Å². The van der Waals surface area contributed by atoms with Crippen LogP contribution in [0.5, 0.6) is 0 Å². The molecule has 0 saturated carbocycles. The van der Waals surface area contributed by atoms with Crippen LogP contribution in [-0.4, -0.2) is 57.8 Å². The van der Waals surface area contributed by atoms with Crippen molar-refractivity contribution in [1.82, 2.24) is 15.5 Å². The zero-order valence-corrected chi connectivity index (χ0v) is 22.2. The van der Waals surface area contributed by atoms with Crippen molar-refractivity contribution in [3.8, 4) is 0 Å². The van der Waals surface area contributed by atoms with Gasteiger partial charge in [0.1, 0.15) is 0 Å². The van der Waals surface area contributed by atoms with Crippen molar-refractivity contribution >= 4 is 35.6 Å². The molecule has 2 aromatic rings. The first-order valence-corrected chi connectivity index (χ1v) is 11.2. The molecule has 0 bridgehead atoms. The standard InChI is InChI=1S/C25H37N5O.HI/c1-5-26-25(27-17-21-10-11-24(29(3)4)16-20(21)2)28-18-22-8-6-7-9-23(22)19-30-12-14-31-15-13-30;/h6-11,16H,5,12-15,17-19H2,1-4H3,(H2,26,27,28);1H. The molecule has 0 radical (unpaired) electrons. The number of morpholine rings is 1. The lowest BCUT2D eigenvalue weighted by atomic mass is 10.1. The molecule has 0 atom stereocenters. The second-order valence-electron chi connectivity index (χ2n) is 8.21. The van der Waals surface area contributed by atoms with Gasteiger partial charge in [-0.15, -0.1) is 24.0 Å². The minimum atomic E-state index is 0. The number of aryl methyl sites for hydroxylation is 1. The highest BCUT2D eigenvalue weighted by Gasteiger charge is 2.12. The molecule has 1 saturated heterocycles. The van der Waals surface area contributed by atoms with Gasteiger partial charge in [0, 0.05) is 52.5 Å². The van der Waals surface area contributed by atoms with Gasteiger partial charge < -0.3 is 20.3 Å². The van der Waals surface area contributed by atoms with Gasteiger partial charge in [0.15, 0.2) is 5.96 Å². The van der Waals surface area contributed by atoms with Gasteiger partial charge >= 0.3 is 0 Å². The van der Waals surface area contributed by atoms with Gasteiger partial charge in [-0.3, -0.25) is 4.90 Å². The van der Waals surface area contributed by atoms with E-state index in [1.807, 2.05) is 0 Å². The van der Waals surface area contributed by atoms with Gasteiger partial charge in [-0.05, 0) is 48.2 Å². The first-order chi connectivity index (χ1) is 15.1. The molecule has 1 aliphatic rings. The minimum Gasteiger partial charge on any atom is -0.379 e. The van der Waals surface area contributed by atoms with Crippen molar-refractivity contribution in [3.63, 3.8) is 0 Å². The van der Waals surface area contributed by atoms with Crippen molar-refractivity contribution in [3.05, 3.63) is 64.7 Å². The second-order valence-corrected chi connectivity index (χ2v) is 8.21. The lowest BCUT2D eigenvalue weighted by Gasteiger charge is -2.27. The predicted octanol–water partition coefficient (Wildman–Crippen LogP) is 3.77. The van der Waals surface area contributed by atoms with Crippen LogP contribution in [0, 0.1) is 6.92 Å². The summed E-state index contributed by atoms with van der Waals surface area (Å²) in [6.45, 7) is 11.1. The molecule has 32 heavy (non-hydrogen) atoms. The summed E-state index contributed by atoms with van der Waals surface area (Å²) in [7, 11) is 4.14. The Labute approximate surface area is 210 Å². The molecular formula is C25H38IN5O. The lowest BCUT2D eigenvalue weighted by molar-refractivity contribution is 0.0341.